The van der Waals surface area contributed by atoms with Crippen molar-refractivity contribution < 1.29 is 9.59 Å². The molecule has 26 heavy (non-hydrogen) atoms. The molecule has 0 fully saturated rings. The van der Waals surface area contributed by atoms with Crippen molar-refractivity contribution in [2.24, 2.45) is 5.92 Å². The number of carbonyl (C=O) groups excluding carboxylic acids is 2. The molecule has 130 valence electrons. The summed E-state index contributed by atoms with van der Waals surface area (Å²) in [6.07, 6.45) is 0.335. The van der Waals surface area contributed by atoms with Gasteiger partial charge in [-0.3, -0.25) is 9.59 Å². The lowest BCUT2D eigenvalue weighted by Gasteiger charge is -2.23. The van der Waals surface area contributed by atoms with Gasteiger partial charge in [-0.15, -0.1) is 0 Å². The minimum absolute atomic E-state index is 0.0603. The van der Waals surface area contributed by atoms with Crippen molar-refractivity contribution in [2.75, 3.05) is 0 Å². The van der Waals surface area contributed by atoms with E-state index in [2.05, 4.69) is 0 Å². The summed E-state index contributed by atoms with van der Waals surface area (Å²) < 4.78 is 0. The second kappa shape index (κ2) is 8.39. The first-order chi connectivity index (χ1) is 12.7. The molecule has 0 saturated heterocycles. The summed E-state index contributed by atoms with van der Waals surface area (Å²) in [5.41, 5.74) is 2.33. The number of hydrogen-bond donors (Lipinski definition) is 0. The molecule has 2 nitrogen and oxygen atoms in total. The van der Waals surface area contributed by atoms with Crippen LogP contribution in [0.25, 0.3) is 0 Å². The molecule has 3 rings (SSSR count). The van der Waals surface area contributed by atoms with Crippen molar-refractivity contribution in [3.05, 3.63) is 108 Å². The number of hydrogen-bond acceptors (Lipinski definition) is 2. The Morgan fingerprint density at radius 3 is 1.69 bits per heavy atom. The van der Waals surface area contributed by atoms with Crippen molar-refractivity contribution in [3.8, 4) is 0 Å². The summed E-state index contributed by atoms with van der Waals surface area (Å²) in [6, 6.07) is 28.3. The van der Waals surface area contributed by atoms with Crippen LogP contribution in [0.1, 0.15) is 45.5 Å². The Balaban J connectivity index is 1.88. The topological polar surface area (TPSA) is 34.1 Å². The largest absolute Gasteiger partial charge is 0.294 e. The van der Waals surface area contributed by atoms with Crippen molar-refractivity contribution >= 4 is 11.6 Å². The number of benzene rings is 3. The fourth-order valence-corrected chi connectivity index (χ4v) is 3.33. The maximum Gasteiger partial charge on any atom is 0.170 e. The van der Waals surface area contributed by atoms with Crippen LogP contribution in [0.15, 0.2) is 91.0 Å². The summed E-state index contributed by atoms with van der Waals surface area (Å²) in [7, 11) is 0. The van der Waals surface area contributed by atoms with Gasteiger partial charge in [-0.05, 0) is 11.5 Å². The summed E-state index contributed by atoms with van der Waals surface area (Å²) in [6.45, 7) is 1.99. The standard InChI is InChI=1S/C24H22O2/c1-18(17-22(25)19-11-5-2-6-12-19)23(20-13-7-3-8-14-20)24(26)21-15-9-4-10-16-21/h2-16,18,23H,17H2,1H3. The Bertz CT molecular complexity index is 854. The summed E-state index contributed by atoms with van der Waals surface area (Å²) >= 11 is 0. The Labute approximate surface area is 154 Å². The highest BCUT2D eigenvalue weighted by atomic mass is 16.1. The zero-order valence-corrected chi connectivity index (χ0v) is 14.8. The maximum atomic E-state index is 13.2. The number of Topliss-reactive ketones (excluding diaryl/α,β-unsaturated/α-hetero) is 2. The fourth-order valence-electron chi connectivity index (χ4n) is 3.33. The lowest BCUT2D eigenvalue weighted by Crippen LogP contribution is -2.22. The number of rotatable bonds is 7. The Morgan fingerprint density at radius 1 is 0.692 bits per heavy atom. The maximum absolute atomic E-state index is 13.2. The third-order valence-corrected chi connectivity index (χ3v) is 4.67. The van der Waals surface area contributed by atoms with Gasteiger partial charge < -0.3 is 0 Å². The highest BCUT2D eigenvalue weighted by Gasteiger charge is 2.29. The van der Waals surface area contributed by atoms with Crippen molar-refractivity contribution in [1.29, 1.82) is 0 Å². The van der Waals surface area contributed by atoms with Gasteiger partial charge in [0.15, 0.2) is 11.6 Å². The van der Waals surface area contributed by atoms with E-state index in [1.54, 1.807) is 0 Å². The molecule has 2 unspecified atom stereocenters. The van der Waals surface area contributed by atoms with E-state index in [1.807, 2.05) is 97.9 Å². The molecule has 0 aromatic heterocycles. The third kappa shape index (κ3) is 4.15. The Hall–Kier alpha value is -3.00. The van der Waals surface area contributed by atoms with Gasteiger partial charge in [-0.25, -0.2) is 0 Å². The van der Waals surface area contributed by atoms with Crippen molar-refractivity contribution in [1.82, 2.24) is 0 Å². The van der Waals surface area contributed by atoms with Gasteiger partial charge in [-0.1, -0.05) is 97.9 Å². The fraction of sp³-hybridized carbons (Fsp3) is 0.167. The summed E-state index contributed by atoms with van der Waals surface area (Å²) in [5, 5.41) is 0. The quantitative estimate of drug-likeness (QED) is 0.527. The molecule has 0 spiro atoms. The third-order valence-electron chi connectivity index (χ3n) is 4.67. The molecule has 0 bridgehead atoms. The van der Waals surface area contributed by atoms with Gasteiger partial charge in [-0.2, -0.15) is 0 Å². The van der Waals surface area contributed by atoms with E-state index in [1.165, 1.54) is 0 Å². The molecule has 0 radical (unpaired) electrons. The van der Waals surface area contributed by atoms with Crippen LogP contribution < -0.4 is 0 Å². The zero-order chi connectivity index (χ0) is 18.4. The summed E-state index contributed by atoms with van der Waals surface area (Å²) in [5.74, 6) is -0.311. The predicted molar refractivity (Wildman–Crippen MR) is 105 cm³/mol. The van der Waals surface area contributed by atoms with Crippen molar-refractivity contribution in [2.45, 2.75) is 19.3 Å². The van der Waals surface area contributed by atoms with Gasteiger partial charge >= 0.3 is 0 Å². The molecule has 0 aliphatic rings. The number of ketones is 2. The van der Waals surface area contributed by atoms with E-state index >= 15 is 0 Å². The minimum atomic E-state index is -0.341. The lowest BCUT2D eigenvalue weighted by molar-refractivity contribution is 0.0900. The van der Waals surface area contributed by atoms with Crippen LogP contribution in [0.2, 0.25) is 0 Å². The molecule has 0 aliphatic heterocycles. The molecule has 0 heterocycles. The first-order valence-electron chi connectivity index (χ1n) is 8.89. The van der Waals surface area contributed by atoms with E-state index in [9.17, 15) is 9.59 Å². The van der Waals surface area contributed by atoms with Crippen LogP contribution in [-0.4, -0.2) is 11.6 Å². The number of carbonyl (C=O) groups is 2. The second-order valence-corrected chi connectivity index (χ2v) is 6.59. The summed E-state index contributed by atoms with van der Waals surface area (Å²) in [4.78, 5) is 25.8. The molecule has 0 amide bonds. The first-order valence-corrected chi connectivity index (χ1v) is 8.89. The SMILES string of the molecule is CC(CC(=O)c1ccccc1)C(C(=O)c1ccccc1)c1ccccc1. The van der Waals surface area contributed by atoms with Crippen LogP contribution in [0.4, 0.5) is 0 Å². The highest BCUT2D eigenvalue weighted by molar-refractivity contribution is 6.02. The van der Waals surface area contributed by atoms with Gasteiger partial charge in [0.2, 0.25) is 0 Å². The lowest BCUT2D eigenvalue weighted by atomic mass is 9.78. The molecule has 0 N–H and O–H groups in total. The molecule has 0 saturated carbocycles. The van der Waals surface area contributed by atoms with Crippen LogP contribution in [0.3, 0.4) is 0 Å². The Kier molecular flexibility index (Phi) is 5.75. The normalized spacial score (nSPS) is 13.0. The zero-order valence-electron chi connectivity index (χ0n) is 14.8. The van der Waals surface area contributed by atoms with Gasteiger partial charge in [0.05, 0.1) is 5.92 Å². The predicted octanol–water partition coefficient (Wildman–Crippen LogP) is 5.56. The van der Waals surface area contributed by atoms with E-state index in [0.29, 0.717) is 17.5 Å². The average molecular weight is 342 g/mol. The van der Waals surface area contributed by atoms with Crippen LogP contribution in [0, 0.1) is 5.92 Å². The monoisotopic (exact) mass is 342 g/mol. The van der Waals surface area contributed by atoms with Crippen LogP contribution in [-0.2, 0) is 0 Å². The highest BCUT2D eigenvalue weighted by Crippen LogP contribution is 2.31. The molecular weight excluding hydrogens is 320 g/mol. The van der Waals surface area contributed by atoms with E-state index in [0.717, 1.165) is 5.56 Å². The van der Waals surface area contributed by atoms with E-state index < -0.39 is 0 Å². The molecule has 2 atom stereocenters. The first kappa shape index (κ1) is 17.8. The molecule has 2 heteroatoms. The average Bonchev–Trinajstić information content (AvgIpc) is 2.70. The van der Waals surface area contributed by atoms with Gasteiger partial charge in [0.1, 0.15) is 0 Å². The molecule has 3 aromatic rings. The van der Waals surface area contributed by atoms with E-state index in [-0.39, 0.29) is 23.4 Å². The van der Waals surface area contributed by atoms with Gasteiger partial charge in [0.25, 0.3) is 0 Å². The van der Waals surface area contributed by atoms with E-state index in [4.69, 9.17) is 0 Å². The smallest absolute Gasteiger partial charge is 0.170 e. The molecule has 3 aromatic carbocycles. The van der Waals surface area contributed by atoms with Crippen molar-refractivity contribution in [3.63, 3.8) is 0 Å². The molecular formula is C24H22O2. The minimum Gasteiger partial charge on any atom is -0.294 e. The van der Waals surface area contributed by atoms with Crippen LogP contribution in [0.5, 0.6) is 0 Å². The van der Waals surface area contributed by atoms with Gasteiger partial charge in [0, 0.05) is 17.5 Å². The molecule has 0 aliphatic carbocycles. The second-order valence-electron chi connectivity index (χ2n) is 6.59. The van der Waals surface area contributed by atoms with Crippen LogP contribution >= 0.6 is 0 Å². The Morgan fingerprint density at radius 2 is 1.15 bits per heavy atom.